The van der Waals surface area contributed by atoms with Crippen molar-refractivity contribution in [1.29, 1.82) is 0 Å². The van der Waals surface area contributed by atoms with Crippen LogP contribution in [0.15, 0.2) is 18.5 Å². The van der Waals surface area contributed by atoms with Crippen molar-refractivity contribution in [3.05, 3.63) is 29.7 Å². The highest BCUT2D eigenvalue weighted by Crippen LogP contribution is 2.22. The fourth-order valence-electron chi connectivity index (χ4n) is 2.43. The van der Waals surface area contributed by atoms with E-state index < -0.39 is 0 Å². The molecule has 2 unspecified atom stereocenters. The molecule has 4 heteroatoms. The molecule has 17 heavy (non-hydrogen) atoms. The van der Waals surface area contributed by atoms with E-state index in [9.17, 15) is 0 Å². The van der Waals surface area contributed by atoms with E-state index in [-0.39, 0.29) is 0 Å². The Morgan fingerprint density at radius 2 is 2.18 bits per heavy atom. The lowest BCUT2D eigenvalue weighted by molar-refractivity contribution is 0.459. The lowest BCUT2D eigenvalue weighted by atomic mass is 9.95. The predicted octanol–water partition coefficient (Wildman–Crippen LogP) is 2.14. The highest BCUT2D eigenvalue weighted by Gasteiger charge is 2.19. The van der Waals surface area contributed by atoms with Crippen LogP contribution >= 0.6 is 0 Å². The quantitative estimate of drug-likeness (QED) is 0.878. The first kappa shape index (κ1) is 12.0. The number of hydrogen-bond donors (Lipinski definition) is 1. The molecule has 2 aromatic rings. The minimum absolute atomic E-state index is 0.411. The molecule has 92 valence electrons. The summed E-state index contributed by atoms with van der Waals surface area (Å²) in [4.78, 5) is 4.27. The fraction of sp³-hybridized carbons (Fsp3) is 0.538. The van der Waals surface area contributed by atoms with Crippen LogP contribution in [0, 0.1) is 6.92 Å². The summed E-state index contributed by atoms with van der Waals surface area (Å²) in [7, 11) is 2.01. The van der Waals surface area contributed by atoms with E-state index in [2.05, 4.69) is 48.3 Å². The first-order valence-corrected chi connectivity index (χ1v) is 6.15. The minimum atomic E-state index is 0.411. The molecular formula is C13H20N4. The zero-order valence-electron chi connectivity index (χ0n) is 10.9. The Morgan fingerprint density at radius 3 is 2.82 bits per heavy atom. The number of fused-ring (bicyclic) bond motifs is 1. The third-order valence-corrected chi connectivity index (χ3v) is 3.43. The summed E-state index contributed by atoms with van der Waals surface area (Å²) in [6.07, 6.45) is 2.72. The van der Waals surface area contributed by atoms with Crippen LogP contribution in [0.2, 0.25) is 0 Å². The number of pyridine rings is 1. The number of hydrogen-bond acceptors (Lipinski definition) is 3. The van der Waals surface area contributed by atoms with Crippen molar-refractivity contribution in [2.45, 2.75) is 39.2 Å². The summed E-state index contributed by atoms with van der Waals surface area (Å²) in [6, 6.07) is 4.72. The number of aromatic nitrogens is 3. The van der Waals surface area contributed by atoms with Crippen molar-refractivity contribution in [2.75, 3.05) is 7.05 Å². The SMILES string of the molecule is CCC(NC)C(C)c1cc(C)cc2ncnn12. The second-order valence-corrected chi connectivity index (χ2v) is 4.58. The summed E-state index contributed by atoms with van der Waals surface area (Å²) in [6.45, 7) is 6.54. The molecule has 0 saturated carbocycles. The average Bonchev–Trinajstić information content (AvgIpc) is 2.77. The van der Waals surface area contributed by atoms with E-state index in [4.69, 9.17) is 0 Å². The Balaban J connectivity index is 2.49. The Morgan fingerprint density at radius 1 is 1.41 bits per heavy atom. The molecule has 0 aliphatic carbocycles. The number of likely N-dealkylation sites (N-methyl/N-ethyl adjacent to an activating group) is 1. The van der Waals surface area contributed by atoms with Gasteiger partial charge < -0.3 is 5.32 Å². The summed E-state index contributed by atoms with van der Waals surface area (Å²) < 4.78 is 1.94. The first-order valence-electron chi connectivity index (χ1n) is 6.15. The molecule has 2 heterocycles. The van der Waals surface area contributed by atoms with Crippen LogP contribution in [0.3, 0.4) is 0 Å². The monoisotopic (exact) mass is 232 g/mol. The number of rotatable bonds is 4. The van der Waals surface area contributed by atoms with E-state index in [1.165, 1.54) is 11.3 Å². The van der Waals surface area contributed by atoms with Crippen molar-refractivity contribution in [2.24, 2.45) is 0 Å². The maximum Gasteiger partial charge on any atom is 0.155 e. The highest BCUT2D eigenvalue weighted by molar-refractivity contribution is 5.42. The van der Waals surface area contributed by atoms with Crippen LogP contribution in [0.4, 0.5) is 0 Å². The molecule has 0 aromatic carbocycles. The van der Waals surface area contributed by atoms with Gasteiger partial charge in [0.1, 0.15) is 6.33 Å². The van der Waals surface area contributed by atoms with Gasteiger partial charge in [-0.05, 0) is 38.1 Å². The van der Waals surface area contributed by atoms with E-state index in [1.54, 1.807) is 6.33 Å². The molecule has 0 amide bonds. The molecule has 1 N–H and O–H groups in total. The largest absolute Gasteiger partial charge is 0.316 e. The van der Waals surface area contributed by atoms with Crippen LogP contribution in [0.25, 0.3) is 5.65 Å². The van der Waals surface area contributed by atoms with Crippen LogP contribution in [0.1, 0.15) is 37.4 Å². The molecule has 2 atom stereocenters. The Bertz CT molecular complexity index is 499. The minimum Gasteiger partial charge on any atom is -0.316 e. The fourth-order valence-corrected chi connectivity index (χ4v) is 2.43. The molecule has 0 saturated heterocycles. The molecule has 2 aromatic heterocycles. The van der Waals surface area contributed by atoms with Gasteiger partial charge in [0.25, 0.3) is 0 Å². The van der Waals surface area contributed by atoms with Gasteiger partial charge in [0.05, 0.1) is 0 Å². The van der Waals surface area contributed by atoms with Crippen LogP contribution < -0.4 is 5.32 Å². The standard InChI is InChI=1S/C13H20N4/c1-5-11(14-4)10(3)12-6-9(2)7-13-15-8-16-17(12)13/h6-8,10-11,14H,5H2,1-4H3. The van der Waals surface area contributed by atoms with Crippen molar-refractivity contribution < 1.29 is 0 Å². The zero-order chi connectivity index (χ0) is 12.4. The van der Waals surface area contributed by atoms with E-state index in [0.29, 0.717) is 12.0 Å². The maximum atomic E-state index is 4.31. The molecule has 2 rings (SSSR count). The molecule has 0 fully saturated rings. The van der Waals surface area contributed by atoms with E-state index in [1.807, 2.05) is 11.6 Å². The van der Waals surface area contributed by atoms with Gasteiger partial charge in [-0.2, -0.15) is 5.10 Å². The Kier molecular flexibility index (Phi) is 3.43. The van der Waals surface area contributed by atoms with E-state index >= 15 is 0 Å². The number of nitrogens with one attached hydrogen (secondary N) is 1. The van der Waals surface area contributed by atoms with Gasteiger partial charge in [-0.1, -0.05) is 13.8 Å². The van der Waals surface area contributed by atoms with Gasteiger partial charge in [-0.25, -0.2) is 9.50 Å². The summed E-state index contributed by atoms with van der Waals surface area (Å²) in [5.41, 5.74) is 3.38. The van der Waals surface area contributed by atoms with Crippen LogP contribution in [0.5, 0.6) is 0 Å². The molecular weight excluding hydrogens is 212 g/mol. The highest BCUT2D eigenvalue weighted by atomic mass is 15.3. The third kappa shape index (κ3) is 2.17. The second-order valence-electron chi connectivity index (χ2n) is 4.58. The lowest BCUT2D eigenvalue weighted by Gasteiger charge is -2.23. The smallest absolute Gasteiger partial charge is 0.155 e. The lowest BCUT2D eigenvalue weighted by Crippen LogP contribution is -2.31. The van der Waals surface area contributed by atoms with E-state index in [0.717, 1.165) is 12.1 Å². The van der Waals surface area contributed by atoms with Gasteiger partial charge in [0.15, 0.2) is 5.65 Å². The van der Waals surface area contributed by atoms with Crippen molar-refractivity contribution in [3.8, 4) is 0 Å². The normalized spacial score (nSPS) is 15.1. The molecule has 0 aliphatic heterocycles. The molecule has 0 aliphatic rings. The number of nitrogens with zero attached hydrogens (tertiary/aromatic N) is 3. The molecule has 0 radical (unpaired) electrons. The molecule has 0 bridgehead atoms. The summed E-state index contributed by atoms with van der Waals surface area (Å²) >= 11 is 0. The van der Waals surface area contributed by atoms with Crippen molar-refractivity contribution in [3.63, 3.8) is 0 Å². The average molecular weight is 232 g/mol. The first-order chi connectivity index (χ1) is 8.17. The second kappa shape index (κ2) is 4.84. The van der Waals surface area contributed by atoms with Gasteiger partial charge in [0.2, 0.25) is 0 Å². The third-order valence-electron chi connectivity index (χ3n) is 3.43. The number of aryl methyl sites for hydroxylation is 1. The van der Waals surface area contributed by atoms with Gasteiger partial charge in [-0.3, -0.25) is 0 Å². The Labute approximate surface area is 102 Å². The van der Waals surface area contributed by atoms with Crippen LogP contribution in [-0.4, -0.2) is 27.7 Å². The van der Waals surface area contributed by atoms with Crippen LogP contribution in [-0.2, 0) is 0 Å². The summed E-state index contributed by atoms with van der Waals surface area (Å²) in [5, 5.41) is 7.67. The topological polar surface area (TPSA) is 42.2 Å². The van der Waals surface area contributed by atoms with Gasteiger partial charge in [0, 0.05) is 17.7 Å². The molecule has 4 nitrogen and oxygen atoms in total. The zero-order valence-corrected chi connectivity index (χ0v) is 10.9. The van der Waals surface area contributed by atoms with Gasteiger partial charge in [-0.15, -0.1) is 0 Å². The predicted molar refractivity (Wildman–Crippen MR) is 69.3 cm³/mol. The molecule has 0 spiro atoms. The van der Waals surface area contributed by atoms with Crippen molar-refractivity contribution in [1.82, 2.24) is 19.9 Å². The maximum absolute atomic E-state index is 4.31. The summed E-state index contributed by atoms with van der Waals surface area (Å²) in [5.74, 6) is 0.411. The van der Waals surface area contributed by atoms with Crippen molar-refractivity contribution >= 4 is 5.65 Å². The van der Waals surface area contributed by atoms with Gasteiger partial charge >= 0.3 is 0 Å². The Hall–Kier alpha value is -1.42.